The molecule has 2 aromatic carbocycles. The number of halogens is 2. The molecule has 0 saturated heterocycles. The summed E-state index contributed by atoms with van der Waals surface area (Å²) in [4.78, 5) is 20.6. The second-order valence-corrected chi connectivity index (χ2v) is 10.1. The van der Waals surface area contributed by atoms with Crippen molar-refractivity contribution in [1.82, 2.24) is 14.3 Å². The Morgan fingerprint density at radius 3 is 2.49 bits per heavy atom. The molecule has 0 radical (unpaired) electrons. The van der Waals surface area contributed by atoms with Crippen LogP contribution in [0, 0.1) is 5.92 Å². The van der Waals surface area contributed by atoms with E-state index in [9.17, 15) is 4.79 Å². The standard InChI is InChI=1S/C29H31Cl2N3O3/c1-19(2)14-16-33(29(35)21-12-13-25(36-3)28(37-4)27(21)31)18-23-24(17-20-9-5-6-10-22(20)30)34-15-8-7-11-26(34)32-23/h5-13,15,19H,14,16-18H2,1-4H3. The number of imidazole rings is 1. The highest BCUT2D eigenvalue weighted by atomic mass is 35.5. The van der Waals surface area contributed by atoms with Gasteiger partial charge in [0.05, 0.1) is 42.7 Å². The number of amides is 1. The van der Waals surface area contributed by atoms with Gasteiger partial charge >= 0.3 is 0 Å². The van der Waals surface area contributed by atoms with E-state index in [1.54, 1.807) is 12.1 Å². The van der Waals surface area contributed by atoms with Crippen LogP contribution in [0.1, 0.15) is 47.6 Å². The zero-order chi connectivity index (χ0) is 26.5. The summed E-state index contributed by atoms with van der Waals surface area (Å²) in [7, 11) is 3.04. The van der Waals surface area contributed by atoms with Crippen LogP contribution in [-0.2, 0) is 13.0 Å². The number of benzene rings is 2. The Morgan fingerprint density at radius 1 is 1.03 bits per heavy atom. The van der Waals surface area contributed by atoms with E-state index in [2.05, 4.69) is 18.2 Å². The lowest BCUT2D eigenvalue weighted by atomic mass is 10.1. The first-order valence-corrected chi connectivity index (χ1v) is 13.0. The number of fused-ring (bicyclic) bond motifs is 1. The van der Waals surface area contributed by atoms with Crippen LogP contribution in [0.2, 0.25) is 10.0 Å². The number of nitrogens with zero attached hydrogens (tertiary/aromatic N) is 3. The molecule has 0 fully saturated rings. The number of pyridine rings is 1. The molecule has 0 N–H and O–H groups in total. The van der Waals surface area contributed by atoms with Gasteiger partial charge in [-0.1, -0.05) is 61.3 Å². The van der Waals surface area contributed by atoms with E-state index in [1.807, 2.05) is 53.6 Å². The third kappa shape index (κ3) is 5.86. The van der Waals surface area contributed by atoms with Crippen molar-refractivity contribution in [3.8, 4) is 11.5 Å². The highest BCUT2D eigenvalue weighted by molar-refractivity contribution is 6.35. The molecule has 0 aliphatic rings. The Kier molecular flexibility index (Phi) is 8.62. The minimum Gasteiger partial charge on any atom is -0.493 e. The van der Waals surface area contributed by atoms with Gasteiger partial charge in [-0.15, -0.1) is 0 Å². The molecule has 0 atom stereocenters. The molecule has 0 spiro atoms. The molecule has 0 saturated carbocycles. The predicted molar refractivity (Wildman–Crippen MR) is 148 cm³/mol. The predicted octanol–water partition coefficient (Wildman–Crippen LogP) is 6.94. The number of carbonyl (C=O) groups is 1. The fourth-order valence-electron chi connectivity index (χ4n) is 4.30. The summed E-state index contributed by atoms with van der Waals surface area (Å²) in [5.41, 5.74) is 3.99. The summed E-state index contributed by atoms with van der Waals surface area (Å²) in [6.45, 7) is 5.16. The van der Waals surface area contributed by atoms with Gasteiger partial charge in [0, 0.05) is 24.2 Å². The van der Waals surface area contributed by atoms with Crippen LogP contribution in [0.25, 0.3) is 5.65 Å². The van der Waals surface area contributed by atoms with Gasteiger partial charge in [-0.05, 0) is 48.2 Å². The van der Waals surface area contributed by atoms with Crippen LogP contribution in [-0.4, -0.2) is 41.0 Å². The number of hydrogen-bond acceptors (Lipinski definition) is 4. The Labute approximate surface area is 227 Å². The molecular weight excluding hydrogens is 509 g/mol. The molecule has 37 heavy (non-hydrogen) atoms. The summed E-state index contributed by atoms with van der Waals surface area (Å²) >= 11 is 13.1. The average molecular weight is 540 g/mol. The topological polar surface area (TPSA) is 56.1 Å². The number of carbonyl (C=O) groups excluding carboxylic acids is 1. The Bertz CT molecular complexity index is 1400. The quantitative estimate of drug-likeness (QED) is 0.219. The SMILES string of the molecule is COc1ccc(C(=O)N(CCC(C)C)Cc2nc3ccccn3c2Cc2ccccc2Cl)c(Cl)c1OC. The van der Waals surface area contributed by atoms with E-state index in [1.165, 1.54) is 14.2 Å². The fourth-order valence-corrected chi connectivity index (χ4v) is 4.82. The third-order valence-corrected chi connectivity index (χ3v) is 7.09. The highest BCUT2D eigenvalue weighted by Gasteiger charge is 2.25. The summed E-state index contributed by atoms with van der Waals surface area (Å²) in [5.74, 6) is 1.04. The van der Waals surface area contributed by atoms with Crippen molar-refractivity contribution in [1.29, 1.82) is 0 Å². The smallest absolute Gasteiger partial charge is 0.255 e. The average Bonchev–Trinajstić information content (AvgIpc) is 3.23. The van der Waals surface area contributed by atoms with Crippen molar-refractivity contribution in [2.75, 3.05) is 20.8 Å². The van der Waals surface area contributed by atoms with Crippen molar-refractivity contribution in [2.45, 2.75) is 33.2 Å². The first-order chi connectivity index (χ1) is 17.8. The first-order valence-electron chi connectivity index (χ1n) is 12.2. The Morgan fingerprint density at radius 2 is 1.78 bits per heavy atom. The molecule has 2 heterocycles. The van der Waals surface area contributed by atoms with Gasteiger partial charge in [-0.2, -0.15) is 0 Å². The molecule has 1 amide bonds. The highest BCUT2D eigenvalue weighted by Crippen LogP contribution is 2.38. The number of rotatable bonds is 10. The van der Waals surface area contributed by atoms with Crippen LogP contribution in [0.4, 0.5) is 0 Å². The molecule has 194 valence electrons. The maximum Gasteiger partial charge on any atom is 0.255 e. The van der Waals surface area contributed by atoms with Crippen molar-refractivity contribution in [3.05, 3.63) is 93.4 Å². The molecule has 0 aliphatic heterocycles. The van der Waals surface area contributed by atoms with E-state index in [0.717, 1.165) is 29.0 Å². The van der Waals surface area contributed by atoms with E-state index in [-0.39, 0.29) is 10.9 Å². The molecule has 2 aromatic heterocycles. The first kappa shape index (κ1) is 26.8. The van der Waals surface area contributed by atoms with E-state index in [0.29, 0.717) is 47.5 Å². The molecule has 4 rings (SSSR count). The maximum absolute atomic E-state index is 13.9. The third-order valence-electron chi connectivity index (χ3n) is 6.35. The van der Waals surface area contributed by atoms with Crippen molar-refractivity contribution >= 4 is 34.8 Å². The van der Waals surface area contributed by atoms with Gasteiger partial charge in [0.15, 0.2) is 11.5 Å². The van der Waals surface area contributed by atoms with Gasteiger partial charge in [-0.25, -0.2) is 4.98 Å². The van der Waals surface area contributed by atoms with Crippen LogP contribution in [0.5, 0.6) is 11.5 Å². The largest absolute Gasteiger partial charge is 0.493 e. The second kappa shape index (κ2) is 11.9. The van der Waals surface area contributed by atoms with Crippen LogP contribution >= 0.6 is 23.2 Å². The van der Waals surface area contributed by atoms with Crippen molar-refractivity contribution in [2.24, 2.45) is 5.92 Å². The van der Waals surface area contributed by atoms with Gasteiger partial charge < -0.3 is 18.8 Å². The zero-order valence-corrected chi connectivity index (χ0v) is 23.0. The van der Waals surface area contributed by atoms with Crippen molar-refractivity contribution < 1.29 is 14.3 Å². The number of ether oxygens (including phenoxy) is 2. The summed E-state index contributed by atoms with van der Waals surface area (Å²) in [5, 5.41) is 0.928. The van der Waals surface area contributed by atoms with E-state index >= 15 is 0 Å². The van der Waals surface area contributed by atoms with E-state index in [4.69, 9.17) is 37.7 Å². The lowest BCUT2D eigenvalue weighted by Gasteiger charge is -2.25. The van der Waals surface area contributed by atoms with E-state index < -0.39 is 0 Å². The number of hydrogen-bond donors (Lipinski definition) is 0. The van der Waals surface area contributed by atoms with Crippen LogP contribution in [0.15, 0.2) is 60.8 Å². The summed E-state index contributed by atoms with van der Waals surface area (Å²) < 4.78 is 12.8. The van der Waals surface area contributed by atoms with Gasteiger partial charge in [0.1, 0.15) is 5.65 Å². The molecule has 6 nitrogen and oxygen atoms in total. The lowest BCUT2D eigenvalue weighted by molar-refractivity contribution is 0.0733. The Hall–Kier alpha value is -3.22. The van der Waals surface area contributed by atoms with Gasteiger partial charge in [0.2, 0.25) is 0 Å². The molecule has 0 bridgehead atoms. The van der Waals surface area contributed by atoms with Gasteiger partial charge in [0.25, 0.3) is 5.91 Å². The Balaban J connectivity index is 1.75. The fraction of sp³-hybridized carbons (Fsp3) is 0.310. The summed E-state index contributed by atoms with van der Waals surface area (Å²) in [6, 6.07) is 17.1. The second-order valence-electron chi connectivity index (χ2n) is 9.27. The minimum atomic E-state index is -0.188. The molecule has 4 aromatic rings. The maximum atomic E-state index is 13.9. The zero-order valence-electron chi connectivity index (χ0n) is 21.5. The van der Waals surface area contributed by atoms with Gasteiger partial charge in [-0.3, -0.25) is 4.79 Å². The van der Waals surface area contributed by atoms with Crippen LogP contribution in [0.3, 0.4) is 0 Å². The van der Waals surface area contributed by atoms with Crippen LogP contribution < -0.4 is 9.47 Å². The minimum absolute atomic E-state index is 0.188. The number of methoxy groups -OCH3 is 2. The summed E-state index contributed by atoms with van der Waals surface area (Å²) in [6.07, 6.45) is 3.41. The molecule has 0 aliphatic carbocycles. The normalized spacial score (nSPS) is 11.2. The monoisotopic (exact) mass is 539 g/mol. The number of aromatic nitrogens is 2. The molecule has 8 heteroatoms. The van der Waals surface area contributed by atoms with Crippen molar-refractivity contribution in [3.63, 3.8) is 0 Å². The lowest BCUT2D eigenvalue weighted by Crippen LogP contribution is -2.33. The molecule has 0 unspecified atom stereocenters. The molecular formula is C29H31Cl2N3O3.